The molecule has 0 bridgehead atoms. The number of hydrogen-bond acceptors (Lipinski definition) is 4. The van der Waals surface area contributed by atoms with Crippen LogP contribution in [0.3, 0.4) is 0 Å². The van der Waals surface area contributed by atoms with E-state index in [1.165, 1.54) is 6.42 Å². The summed E-state index contributed by atoms with van der Waals surface area (Å²) in [5.74, 6) is -0.0449. The molecule has 0 radical (unpaired) electrons. The molecule has 0 aromatic carbocycles. The number of carbonyl (C=O) groups is 2. The predicted octanol–water partition coefficient (Wildman–Crippen LogP) is -0.735. The summed E-state index contributed by atoms with van der Waals surface area (Å²) in [6.45, 7) is 3.84. The first-order valence-electron chi connectivity index (χ1n) is 7.50. The second kappa shape index (κ2) is 7.04. The molecule has 2 heterocycles. The Morgan fingerprint density at radius 3 is 2.95 bits per heavy atom. The minimum atomic E-state index is -0.175. The van der Waals surface area contributed by atoms with Gasteiger partial charge in [0, 0.05) is 38.6 Å². The van der Waals surface area contributed by atoms with Gasteiger partial charge in [0.1, 0.15) is 0 Å². The zero-order valence-corrected chi connectivity index (χ0v) is 12.5. The number of likely N-dealkylation sites (N-methyl/N-ethyl adjacent to an activating group) is 1. The highest BCUT2D eigenvalue weighted by atomic mass is 16.2. The van der Waals surface area contributed by atoms with Crippen molar-refractivity contribution in [2.75, 3.05) is 46.8 Å². The molecule has 0 aromatic heterocycles. The van der Waals surface area contributed by atoms with Crippen molar-refractivity contribution in [2.24, 2.45) is 5.92 Å². The monoisotopic (exact) mass is 282 g/mol. The van der Waals surface area contributed by atoms with Gasteiger partial charge in [0.15, 0.2) is 0 Å². The molecule has 2 rings (SSSR count). The van der Waals surface area contributed by atoms with Crippen molar-refractivity contribution in [3.8, 4) is 0 Å². The van der Waals surface area contributed by atoms with Crippen molar-refractivity contribution in [2.45, 2.75) is 25.3 Å². The third-order valence-electron chi connectivity index (χ3n) is 4.09. The van der Waals surface area contributed by atoms with Gasteiger partial charge in [0.25, 0.3) is 0 Å². The van der Waals surface area contributed by atoms with Gasteiger partial charge < -0.3 is 20.4 Å². The molecule has 114 valence electrons. The number of carbonyl (C=O) groups excluding carboxylic acids is 2. The Hall–Kier alpha value is -1.14. The Labute approximate surface area is 120 Å². The summed E-state index contributed by atoms with van der Waals surface area (Å²) in [7, 11) is 3.97. The number of nitrogens with zero attached hydrogens (tertiary/aromatic N) is 2. The van der Waals surface area contributed by atoms with Crippen LogP contribution in [0.1, 0.15) is 19.3 Å². The second-order valence-electron chi connectivity index (χ2n) is 6.08. The number of hydrogen-bond donors (Lipinski definition) is 2. The SMILES string of the molecule is CN(C)CCN1CC(C(=O)NCC2CCCN2)CC1=O. The maximum absolute atomic E-state index is 12.1. The molecule has 6 nitrogen and oxygen atoms in total. The van der Waals surface area contributed by atoms with Crippen LogP contribution in [0.5, 0.6) is 0 Å². The Balaban J connectivity index is 1.72. The lowest BCUT2D eigenvalue weighted by atomic mass is 10.1. The fourth-order valence-corrected chi connectivity index (χ4v) is 2.78. The van der Waals surface area contributed by atoms with E-state index < -0.39 is 0 Å². The lowest BCUT2D eigenvalue weighted by Gasteiger charge is -2.19. The Bertz CT molecular complexity index is 353. The number of rotatable bonds is 6. The van der Waals surface area contributed by atoms with Gasteiger partial charge in [-0.25, -0.2) is 0 Å². The molecule has 2 unspecified atom stereocenters. The van der Waals surface area contributed by atoms with E-state index in [0.717, 1.165) is 19.5 Å². The molecule has 2 atom stereocenters. The van der Waals surface area contributed by atoms with E-state index in [2.05, 4.69) is 10.6 Å². The maximum atomic E-state index is 12.1. The molecule has 2 fully saturated rings. The fraction of sp³-hybridized carbons (Fsp3) is 0.857. The van der Waals surface area contributed by atoms with Crippen LogP contribution in [-0.4, -0.2) is 74.5 Å². The molecule has 2 amide bonds. The second-order valence-corrected chi connectivity index (χ2v) is 6.08. The van der Waals surface area contributed by atoms with Crippen LogP contribution in [0.15, 0.2) is 0 Å². The van der Waals surface area contributed by atoms with Crippen LogP contribution < -0.4 is 10.6 Å². The summed E-state index contributed by atoms with van der Waals surface area (Å²) in [5, 5.41) is 6.34. The summed E-state index contributed by atoms with van der Waals surface area (Å²) in [4.78, 5) is 27.8. The summed E-state index contributed by atoms with van der Waals surface area (Å²) >= 11 is 0. The van der Waals surface area contributed by atoms with Crippen molar-refractivity contribution >= 4 is 11.8 Å². The highest BCUT2D eigenvalue weighted by molar-refractivity contribution is 5.89. The quantitative estimate of drug-likeness (QED) is 0.674. The lowest BCUT2D eigenvalue weighted by Crippen LogP contribution is -2.41. The first-order chi connectivity index (χ1) is 9.56. The van der Waals surface area contributed by atoms with E-state index in [4.69, 9.17) is 0 Å². The number of amides is 2. The minimum Gasteiger partial charge on any atom is -0.354 e. The van der Waals surface area contributed by atoms with Gasteiger partial charge in [-0.1, -0.05) is 0 Å². The lowest BCUT2D eigenvalue weighted by molar-refractivity contribution is -0.129. The van der Waals surface area contributed by atoms with Gasteiger partial charge in [-0.3, -0.25) is 9.59 Å². The molecule has 2 saturated heterocycles. The zero-order valence-electron chi connectivity index (χ0n) is 12.5. The highest BCUT2D eigenvalue weighted by Crippen LogP contribution is 2.17. The first-order valence-corrected chi connectivity index (χ1v) is 7.50. The Kier molecular flexibility index (Phi) is 5.37. The normalized spacial score (nSPS) is 26.6. The Morgan fingerprint density at radius 2 is 2.30 bits per heavy atom. The largest absolute Gasteiger partial charge is 0.354 e. The van der Waals surface area contributed by atoms with E-state index in [1.807, 2.05) is 19.0 Å². The van der Waals surface area contributed by atoms with Crippen molar-refractivity contribution in [1.82, 2.24) is 20.4 Å². The van der Waals surface area contributed by atoms with Crippen molar-refractivity contribution in [3.63, 3.8) is 0 Å². The van der Waals surface area contributed by atoms with E-state index in [-0.39, 0.29) is 17.7 Å². The molecule has 0 aromatic rings. The van der Waals surface area contributed by atoms with Gasteiger partial charge in [0.2, 0.25) is 11.8 Å². The summed E-state index contributed by atoms with van der Waals surface area (Å²) in [6.07, 6.45) is 2.66. The Morgan fingerprint density at radius 1 is 1.50 bits per heavy atom. The van der Waals surface area contributed by atoms with Gasteiger partial charge in [-0.05, 0) is 33.5 Å². The fourth-order valence-electron chi connectivity index (χ4n) is 2.78. The van der Waals surface area contributed by atoms with Crippen LogP contribution >= 0.6 is 0 Å². The maximum Gasteiger partial charge on any atom is 0.225 e. The van der Waals surface area contributed by atoms with Crippen molar-refractivity contribution in [1.29, 1.82) is 0 Å². The van der Waals surface area contributed by atoms with Gasteiger partial charge >= 0.3 is 0 Å². The molecule has 20 heavy (non-hydrogen) atoms. The van der Waals surface area contributed by atoms with Crippen LogP contribution in [0.25, 0.3) is 0 Å². The number of nitrogens with one attached hydrogen (secondary N) is 2. The van der Waals surface area contributed by atoms with Crippen molar-refractivity contribution in [3.05, 3.63) is 0 Å². The molecule has 2 aliphatic heterocycles. The zero-order chi connectivity index (χ0) is 14.5. The van der Waals surface area contributed by atoms with Gasteiger partial charge in [0.05, 0.1) is 5.92 Å². The van der Waals surface area contributed by atoms with E-state index >= 15 is 0 Å². The van der Waals surface area contributed by atoms with Gasteiger partial charge in [-0.2, -0.15) is 0 Å². The molecule has 2 N–H and O–H groups in total. The highest BCUT2D eigenvalue weighted by Gasteiger charge is 2.34. The predicted molar refractivity (Wildman–Crippen MR) is 77.3 cm³/mol. The molecule has 0 saturated carbocycles. The number of likely N-dealkylation sites (tertiary alicyclic amines) is 1. The molecule has 6 heteroatoms. The average molecular weight is 282 g/mol. The van der Waals surface area contributed by atoms with Crippen LogP contribution in [0, 0.1) is 5.92 Å². The van der Waals surface area contributed by atoms with Crippen LogP contribution in [0.4, 0.5) is 0 Å². The summed E-state index contributed by atoms with van der Waals surface area (Å²) in [5.41, 5.74) is 0. The summed E-state index contributed by atoms with van der Waals surface area (Å²) in [6, 6.07) is 0.404. The first kappa shape index (κ1) is 15.3. The molecule has 0 spiro atoms. The van der Waals surface area contributed by atoms with Crippen LogP contribution in [-0.2, 0) is 9.59 Å². The average Bonchev–Trinajstić information content (AvgIpc) is 3.03. The topological polar surface area (TPSA) is 64.7 Å². The molecule has 2 aliphatic rings. The van der Waals surface area contributed by atoms with Gasteiger partial charge in [-0.15, -0.1) is 0 Å². The van der Waals surface area contributed by atoms with Crippen LogP contribution in [0.2, 0.25) is 0 Å². The van der Waals surface area contributed by atoms with Crippen molar-refractivity contribution < 1.29 is 9.59 Å². The molecular formula is C14H26N4O2. The van der Waals surface area contributed by atoms with E-state index in [0.29, 0.717) is 32.1 Å². The standard InChI is InChI=1S/C14H26N4O2/c1-17(2)6-7-18-10-11(8-13(18)19)14(20)16-9-12-4-3-5-15-12/h11-12,15H,3-10H2,1-2H3,(H,16,20). The third kappa shape index (κ3) is 4.18. The third-order valence-corrected chi connectivity index (χ3v) is 4.09. The smallest absolute Gasteiger partial charge is 0.225 e. The molecule has 0 aliphatic carbocycles. The molecular weight excluding hydrogens is 256 g/mol. The van der Waals surface area contributed by atoms with E-state index in [1.54, 1.807) is 4.90 Å². The van der Waals surface area contributed by atoms with E-state index in [9.17, 15) is 9.59 Å². The minimum absolute atomic E-state index is 0.0272. The summed E-state index contributed by atoms with van der Waals surface area (Å²) < 4.78 is 0.